The molecule has 0 radical (unpaired) electrons. The maximum absolute atomic E-state index is 12.6. The van der Waals surface area contributed by atoms with Crippen molar-refractivity contribution in [2.24, 2.45) is 0 Å². The molecule has 1 aliphatic rings. The molecule has 1 saturated heterocycles. The number of amides is 1. The van der Waals surface area contributed by atoms with Crippen LogP contribution in [0.1, 0.15) is 20.8 Å². The summed E-state index contributed by atoms with van der Waals surface area (Å²) in [6.45, 7) is 9.12. The van der Waals surface area contributed by atoms with Crippen molar-refractivity contribution in [2.45, 2.75) is 26.3 Å². The quantitative estimate of drug-likeness (QED) is 0.673. The molecule has 0 atom stereocenters. The summed E-state index contributed by atoms with van der Waals surface area (Å²) in [6, 6.07) is 10.1. The van der Waals surface area contributed by atoms with Gasteiger partial charge in [-0.3, -0.25) is 4.79 Å². The van der Waals surface area contributed by atoms with E-state index in [1.807, 2.05) is 51.7 Å². The number of hydrogen-bond donors (Lipinski definition) is 1. The number of rotatable bonds is 5. The van der Waals surface area contributed by atoms with Crippen molar-refractivity contribution in [1.82, 2.24) is 19.5 Å². The fourth-order valence-corrected chi connectivity index (χ4v) is 4.20. The average molecular weight is 429 g/mol. The lowest BCUT2D eigenvalue weighted by atomic mass is 10.1. The molecule has 0 bridgehead atoms. The lowest BCUT2D eigenvalue weighted by Gasteiger charge is -2.28. The smallest absolute Gasteiger partial charge is 0.242 e. The molecule has 30 heavy (non-hydrogen) atoms. The highest BCUT2D eigenvalue weighted by Gasteiger charge is 2.24. The van der Waals surface area contributed by atoms with E-state index in [1.54, 1.807) is 0 Å². The van der Waals surface area contributed by atoms with Crippen molar-refractivity contribution in [3.8, 4) is 11.3 Å². The maximum atomic E-state index is 12.6. The zero-order valence-electron chi connectivity index (χ0n) is 17.9. The molecule has 3 aromatic rings. The van der Waals surface area contributed by atoms with E-state index in [9.17, 15) is 4.79 Å². The molecule has 3 heterocycles. The lowest BCUT2D eigenvalue weighted by molar-refractivity contribution is -0.133. The number of carbonyl (C=O) groups excluding carboxylic acids is 1. The van der Waals surface area contributed by atoms with Crippen LogP contribution < -0.4 is 10.2 Å². The lowest BCUT2D eigenvalue weighted by Crippen LogP contribution is -2.45. The van der Waals surface area contributed by atoms with Crippen molar-refractivity contribution in [1.29, 1.82) is 0 Å². The first-order valence-corrected chi connectivity index (χ1v) is 10.9. The van der Waals surface area contributed by atoms with E-state index in [4.69, 9.17) is 14.8 Å². The Kier molecular flexibility index (Phi) is 5.66. The largest absolute Gasteiger partial charge is 0.378 e. The first kappa shape index (κ1) is 20.6. The van der Waals surface area contributed by atoms with Crippen LogP contribution in [0.4, 0.5) is 10.9 Å². The number of morpholine rings is 1. The van der Waals surface area contributed by atoms with Crippen LogP contribution in [-0.4, -0.2) is 70.8 Å². The van der Waals surface area contributed by atoms with Gasteiger partial charge in [0.25, 0.3) is 0 Å². The monoisotopic (exact) mass is 428 g/mol. The summed E-state index contributed by atoms with van der Waals surface area (Å²) in [7, 11) is 1.89. The van der Waals surface area contributed by atoms with Crippen molar-refractivity contribution < 1.29 is 9.53 Å². The Morgan fingerprint density at radius 1 is 1.23 bits per heavy atom. The number of nitrogens with one attached hydrogen (secondary N) is 1. The predicted molar refractivity (Wildman–Crippen MR) is 120 cm³/mol. The summed E-state index contributed by atoms with van der Waals surface area (Å²) in [6.07, 6.45) is 0. The Hall–Kier alpha value is -2.65. The highest BCUT2D eigenvalue weighted by atomic mass is 32.1. The van der Waals surface area contributed by atoms with Crippen molar-refractivity contribution in [2.75, 3.05) is 50.1 Å². The summed E-state index contributed by atoms with van der Waals surface area (Å²) < 4.78 is 7.18. The molecule has 0 spiro atoms. The second kappa shape index (κ2) is 8.23. The number of fused-ring (bicyclic) bond motifs is 1. The van der Waals surface area contributed by atoms with Gasteiger partial charge in [0.15, 0.2) is 5.82 Å². The van der Waals surface area contributed by atoms with Crippen LogP contribution in [0.15, 0.2) is 30.3 Å². The van der Waals surface area contributed by atoms with Crippen molar-refractivity contribution in [3.05, 3.63) is 30.3 Å². The van der Waals surface area contributed by atoms with Gasteiger partial charge in [-0.2, -0.15) is 4.52 Å². The second-order valence-corrected chi connectivity index (χ2v) is 9.41. The van der Waals surface area contributed by atoms with Gasteiger partial charge < -0.3 is 19.9 Å². The van der Waals surface area contributed by atoms with Crippen LogP contribution in [0.25, 0.3) is 16.2 Å². The summed E-state index contributed by atoms with van der Waals surface area (Å²) in [5, 5.41) is 9.09. The molecule has 4 rings (SSSR count). The van der Waals surface area contributed by atoms with Crippen LogP contribution in [-0.2, 0) is 9.53 Å². The Balaban J connectivity index is 1.62. The summed E-state index contributed by atoms with van der Waals surface area (Å²) in [5.74, 6) is 0.950. The fourth-order valence-electron chi connectivity index (χ4n) is 3.34. The highest BCUT2D eigenvalue weighted by molar-refractivity contribution is 7.20. The molecule has 160 valence electrons. The highest BCUT2D eigenvalue weighted by Crippen LogP contribution is 2.34. The predicted octanol–water partition coefficient (Wildman–Crippen LogP) is 2.96. The third-order valence-corrected chi connectivity index (χ3v) is 5.82. The number of imidazole rings is 1. The van der Waals surface area contributed by atoms with Gasteiger partial charge in [-0.25, -0.2) is 4.98 Å². The molecular formula is C21H28N6O2S. The van der Waals surface area contributed by atoms with E-state index in [0.29, 0.717) is 26.3 Å². The van der Waals surface area contributed by atoms with Crippen LogP contribution in [0.5, 0.6) is 0 Å². The van der Waals surface area contributed by atoms with Gasteiger partial charge >= 0.3 is 0 Å². The van der Waals surface area contributed by atoms with E-state index in [2.05, 4.69) is 26.1 Å². The zero-order valence-corrected chi connectivity index (χ0v) is 18.7. The first-order valence-electron chi connectivity index (χ1n) is 10.1. The second-order valence-electron chi connectivity index (χ2n) is 8.48. The maximum Gasteiger partial charge on any atom is 0.242 e. The van der Waals surface area contributed by atoms with E-state index in [0.717, 1.165) is 27.2 Å². The zero-order chi connectivity index (χ0) is 21.3. The molecular weight excluding hydrogens is 400 g/mol. The first-order chi connectivity index (χ1) is 14.3. The Morgan fingerprint density at radius 2 is 1.93 bits per heavy atom. The van der Waals surface area contributed by atoms with E-state index >= 15 is 0 Å². The van der Waals surface area contributed by atoms with E-state index in [1.165, 1.54) is 11.3 Å². The third-order valence-electron chi connectivity index (χ3n) is 4.80. The van der Waals surface area contributed by atoms with Gasteiger partial charge in [0.1, 0.15) is 5.69 Å². The normalized spacial score (nSPS) is 14.9. The molecule has 1 aromatic carbocycles. The number of aromatic nitrogens is 3. The minimum Gasteiger partial charge on any atom is -0.378 e. The van der Waals surface area contributed by atoms with Gasteiger partial charge in [-0.15, -0.1) is 5.10 Å². The van der Waals surface area contributed by atoms with Crippen LogP contribution >= 0.6 is 11.3 Å². The number of likely N-dealkylation sites (N-methyl/N-ethyl adjacent to an activating group) is 1. The minimum atomic E-state index is -0.151. The molecule has 1 amide bonds. The Bertz CT molecular complexity index is 1020. The Morgan fingerprint density at radius 3 is 2.60 bits per heavy atom. The van der Waals surface area contributed by atoms with Crippen LogP contribution in [0, 0.1) is 0 Å². The number of hydrogen-bond acceptors (Lipinski definition) is 7. The number of benzene rings is 1. The topological polar surface area (TPSA) is 75.0 Å². The molecule has 0 aliphatic carbocycles. The minimum absolute atomic E-state index is 0.0895. The number of carbonyl (C=O) groups is 1. The molecule has 1 fully saturated rings. The van der Waals surface area contributed by atoms with Crippen LogP contribution in [0.3, 0.4) is 0 Å². The molecule has 2 aromatic heterocycles. The molecule has 1 aliphatic heterocycles. The van der Waals surface area contributed by atoms with E-state index in [-0.39, 0.29) is 18.0 Å². The van der Waals surface area contributed by atoms with Gasteiger partial charge in [0.05, 0.1) is 19.8 Å². The molecule has 8 nitrogen and oxygen atoms in total. The number of anilines is 2. The standard InChI is InChI=1S/C21H28N6O2S/c1-21(2,3)23-18-17(15-8-6-5-7-9-15)22-19-27(18)24-20(30-19)25(4)14-16(28)26-10-12-29-13-11-26/h5-9,23H,10-14H2,1-4H3. The van der Waals surface area contributed by atoms with Crippen molar-refractivity contribution >= 4 is 33.2 Å². The van der Waals surface area contributed by atoms with Crippen molar-refractivity contribution in [3.63, 3.8) is 0 Å². The summed E-state index contributed by atoms with van der Waals surface area (Å²) in [4.78, 5) is 22.0. The number of ether oxygens (including phenoxy) is 1. The van der Waals surface area contributed by atoms with E-state index < -0.39 is 0 Å². The number of nitrogens with zero attached hydrogens (tertiary/aromatic N) is 5. The van der Waals surface area contributed by atoms with Crippen LogP contribution in [0.2, 0.25) is 0 Å². The Labute approximate surface area is 180 Å². The fraction of sp³-hybridized carbons (Fsp3) is 0.476. The van der Waals surface area contributed by atoms with Gasteiger partial charge in [0.2, 0.25) is 16.0 Å². The molecule has 9 heteroatoms. The summed E-state index contributed by atoms with van der Waals surface area (Å²) >= 11 is 1.48. The average Bonchev–Trinajstić information content (AvgIpc) is 3.28. The molecule has 0 unspecified atom stereocenters. The van der Waals surface area contributed by atoms with Gasteiger partial charge in [0, 0.05) is 31.2 Å². The third kappa shape index (κ3) is 4.41. The summed E-state index contributed by atoms with van der Waals surface area (Å²) in [5.41, 5.74) is 1.77. The molecule has 1 N–H and O–H groups in total. The molecule has 0 saturated carbocycles. The van der Waals surface area contributed by atoms with Gasteiger partial charge in [-0.05, 0) is 20.8 Å². The van der Waals surface area contributed by atoms with Gasteiger partial charge in [-0.1, -0.05) is 41.7 Å². The SMILES string of the molecule is CN(CC(=O)N1CCOCC1)c1nn2c(NC(C)(C)C)c(-c3ccccc3)nc2s1.